The lowest BCUT2D eigenvalue weighted by Crippen LogP contribution is -2.15. The molecule has 1 saturated carbocycles. The number of thioether (sulfide) groups is 1. The Hall–Kier alpha value is -2.01. The molecule has 0 spiro atoms. The second kappa shape index (κ2) is 6.85. The highest BCUT2D eigenvalue weighted by atomic mass is 32.2. The van der Waals surface area contributed by atoms with Gasteiger partial charge in [0, 0.05) is 27.9 Å². The molecule has 0 aliphatic heterocycles. The number of rotatable bonds is 6. The minimum atomic E-state index is -0.454. The molecular weight excluding hydrogens is 322 g/mol. The van der Waals surface area contributed by atoms with Gasteiger partial charge in [-0.2, -0.15) is 0 Å². The molecule has 0 bridgehead atoms. The van der Waals surface area contributed by atoms with Gasteiger partial charge in [-0.15, -0.1) is 11.8 Å². The van der Waals surface area contributed by atoms with Gasteiger partial charge in [-0.05, 0) is 51.1 Å². The van der Waals surface area contributed by atoms with Crippen molar-refractivity contribution >= 4 is 23.5 Å². The molecule has 5 heteroatoms. The first-order chi connectivity index (χ1) is 11.5. The molecule has 0 radical (unpaired) electrons. The molecule has 0 N–H and O–H groups in total. The number of ketones is 1. The number of carbonyl (C=O) groups excluding carboxylic acids is 2. The van der Waals surface area contributed by atoms with Gasteiger partial charge in [0.15, 0.2) is 6.61 Å². The maximum absolute atomic E-state index is 12.5. The molecule has 0 unspecified atom stereocenters. The highest BCUT2D eigenvalue weighted by Crippen LogP contribution is 2.38. The second-order valence-corrected chi connectivity index (χ2v) is 6.93. The van der Waals surface area contributed by atoms with E-state index in [1.807, 2.05) is 38.3 Å². The van der Waals surface area contributed by atoms with Crippen LogP contribution in [-0.4, -0.2) is 29.2 Å². The molecule has 1 aliphatic rings. The average molecular weight is 343 g/mol. The van der Waals surface area contributed by atoms with Crippen LogP contribution in [0.3, 0.4) is 0 Å². The van der Waals surface area contributed by atoms with E-state index in [0.29, 0.717) is 17.2 Å². The molecule has 1 aromatic heterocycles. The Labute approximate surface area is 146 Å². The predicted octanol–water partition coefficient (Wildman–Crippen LogP) is 4.20. The fourth-order valence-electron chi connectivity index (χ4n) is 3.05. The van der Waals surface area contributed by atoms with Gasteiger partial charge in [0.25, 0.3) is 0 Å². The van der Waals surface area contributed by atoms with Crippen LogP contribution in [-0.2, 0) is 4.74 Å². The summed E-state index contributed by atoms with van der Waals surface area (Å²) in [6.07, 6.45) is 4.25. The normalized spacial score (nSPS) is 13.8. The molecule has 1 aliphatic carbocycles. The van der Waals surface area contributed by atoms with Gasteiger partial charge in [0.2, 0.25) is 5.78 Å². The van der Waals surface area contributed by atoms with Gasteiger partial charge in [0.1, 0.15) is 0 Å². The summed E-state index contributed by atoms with van der Waals surface area (Å²) in [4.78, 5) is 25.6. The lowest BCUT2D eigenvalue weighted by atomic mass is 10.1. The number of aromatic nitrogens is 1. The fourth-order valence-corrected chi connectivity index (χ4v) is 3.64. The molecule has 126 valence electrons. The molecule has 0 saturated heterocycles. The zero-order valence-electron chi connectivity index (χ0n) is 14.2. The number of carbonyl (C=O) groups is 2. The minimum absolute atomic E-state index is 0.148. The topological polar surface area (TPSA) is 48.3 Å². The summed E-state index contributed by atoms with van der Waals surface area (Å²) in [6, 6.07) is 9.69. The van der Waals surface area contributed by atoms with Crippen molar-refractivity contribution in [1.82, 2.24) is 4.57 Å². The Morgan fingerprint density at radius 2 is 1.92 bits per heavy atom. The number of ether oxygens (including phenoxy) is 1. The number of hydrogen-bond acceptors (Lipinski definition) is 4. The van der Waals surface area contributed by atoms with Crippen molar-refractivity contribution in [2.45, 2.75) is 37.6 Å². The predicted molar refractivity (Wildman–Crippen MR) is 95.0 cm³/mol. The molecule has 3 rings (SSSR count). The van der Waals surface area contributed by atoms with Gasteiger partial charge >= 0.3 is 5.97 Å². The van der Waals surface area contributed by atoms with E-state index in [1.165, 1.54) is 24.6 Å². The molecule has 24 heavy (non-hydrogen) atoms. The number of benzene rings is 1. The third kappa shape index (κ3) is 3.26. The van der Waals surface area contributed by atoms with E-state index in [9.17, 15) is 9.59 Å². The first-order valence-corrected chi connectivity index (χ1v) is 9.27. The van der Waals surface area contributed by atoms with Crippen LogP contribution in [0.4, 0.5) is 0 Å². The molecule has 1 aromatic carbocycles. The number of nitrogens with zero attached hydrogens (tertiary/aromatic N) is 1. The smallest absolute Gasteiger partial charge is 0.339 e. The van der Waals surface area contributed by atoms with Crippen molar-refractivity contribution in [3.8, 4) is 0 Å². The number of aryl methyl sites for hydroxylation is 1. The number of hydrogen-bond donors (Lipinski definition) is 0. The van der Waals surface area contributed by atoms with Crippen molar-refractivity contribution in [3.63, 3.8) is 0 Å². The first kappa shape index (κ1) is 16.8. The van der Waals surface area contributed by atoms with Crippen LogP contribution in [0.25, 0.3) is 0 Å². The average Bonchev–Trinajstić information content (AvgIpc) is 3.37. The van der Waals surface area contributed by atoms with Crippen LogP contribution in [0, 0.1) is 13.8 Å². The van der Waals surface area contributed by atoms with E-state index < -0.39 is 5.97 Å². The quantitative estimate of drug-likeness (QED) is 0.448. The lowest BCUT2D eigenvalue weighted by Gasteiger charge is -2.09. The molecule has 4 nitrogen and oxygen atoms in total. The summed E-state index contributed by atoms with van der Waals surface area (Å²) in [5.41, 5.74) is 3.23. The highest BCUT2D eigenvalue weighted by Gasteiger charge is 2.28. The van der Waals surface area contributed by atoms with Gasteiger partial charge in [-0.1, -0.05) is 12.1 Å². The van der Waals surface area contributed by atoms with E-state index in [1.54, 1.807) is 12.1 Å². The SMILES string of the molecule is CSc1ccccc1C(=O)OCC(=O)c1cc(C)n(C2CC2)c1C. The van der Waals surface area contributed by atoms with Crippen molar-refractivity contribution < 1.29 is 14.3 Å². The van der Waals surface area contributed by atoms with Gasteiger partial charge in [-0.25, -0.2) is 4.79 Å². The highest BCUT2D eigenvalue weighted by molar-refractivity contribution is 7.98. The zero-order valence-corrected chi connectivity index (χ0v) is 15.0. The molecule has 0 atom stereocenters. The molecule has 2 aromatic rings. The summed E-state index contributed by atoms with van der Waals surface area (Å²) >= 11 is 1.48. The van der Waals surface area contributed by atoms with E-state index in [0.717, 1.165) is 16.3 Å². The maximum Gasteiger partial charge on any atom is 0.339 e. The molecule has 1 heterocycles. The van der Waals surface area contributed by atoms with Crippen LogP contribution in [0.15, 0.2) is 35.2 Å². The maximum atomic E-state index is 12.5. The van der Waals surface area contributed by atoms with Crippen molar-refractivity contribution in [2.24, 2.45) is 0 Å². The van der Waals surface area contributed by atoms with Crippen LogP contribution in [0.1, 0.15) is 51.0 Å². The largest absolute Gasteiger partial charge is 0.454 e. The van der Waals surface area contributed by atoms with E-state index in [2.05, 4.69) is 4.57 Å². The third-order valence-corrected chi connectivity index (χ3v) is 5.15. The summed E-state index contributed by atoms with van der Waals surface area (Å²) in [7, 11) is 0. The van der Waals surface area contributed by atoms with E-state index in [4.69, 9.17) is 4.74 Å². The zero-order chi connectivity index (χ0) is 17.3. The number of Topliss-reactive ketones (excluding diaryl/α,β-unsaturated/α-hetero) is 1. The third-order valence-electron chi connectivity index (χ3n) is 4.36. The summed E-state index contributed by atoms with van der Waals surface area (Å²) in [5, 5.41) is 0. The standard InChI is InChI=1S/C19H21NO3S/c1-12-10-16(13(2)20(12)14-8-9-14)17(21)11-23-19(22)15-6-4-5-7-18(15)24-3/h4-7,10,14H,8-9,11H2,1-3H3. The van der Waals surface area contributed by atoms with Crippen LogP contribution >= 0.6 is 11.8 Å². The Balaban J connectivity index is 1.70. The summed E-state index contributed by atoms with van der Waals surface area (Å²) in [6.45, 7) is 3.75. The van der Waals surface area contributed by atoms with E-state index in [-0.39, 0.29) is 12.4 Å². The van der Waals surface area contributed by atoms with Crippen LogP contribution in [0.5, 0.6) is 0 Å². The lowest BCUT2D eigenvalue weighted by molar-refractivity contribution is 0.0471. The minimum Gasteiger partial charge on any atom is -0.454 e. The Bertz CT molecular complexity index is 790. The molecule has 0 amide bonds. The Kier molecular flexibility index (Phi) is 4.81. The van der Waals surface area contributed by atoms with Crippen LogP contribution < -0.4 is 0 Å². The van der Waals surface area contributed by atoms with Crippen molar-refractivity contribution in [2.75, 3.05) is 12.9 Å². The fraction of sp³-hybridized carbons (Fsp3) is 0.368. The second-order valence-electron chi connectivity index (χ2n) is 6.09. The van der Waals surface area contributed by atoms with Gasteiger partial charge in [-0.3, -0.25) is 4.79 Å². The first-order valence-electron chi connectivity index (χ1n) is 8.04. The van der Waals surface area contributed by atoms with Crippen LogP contribution in [0.2, 0.25) is 0 Å². The monoisotopic (exact) mass is 343 g/mol. The summed E-state index contributed by atoms with van der Waals surface area (Å²) in [5.74, 6) is -0.603. The van der Waals surface area contributed by atoms with Crippen molar-refractivity contribution in [1.29, 1.82) is 0 Å². The molecule has 1 fully saturated rings. The summed E-state index contributed by atoms with van der Waals surface area (Å²) < 4.78 is 7.48. The Morgan fingerprint density at radius 3 is 2.58 bits per heavy atom. The van der Waals surface area contributed by atoms with E-state index >= 15 is 0 Å². The Morgan fingerprint density at radius 1 is 1.21 bits per heavy atom. The molecular formula is C19H21NO3S. The van der Waals surface area contributed by atoms with Gasteiger partial charge in [0.05, 0.1) is 5.56 Å². The van der Waals surface area contributed by atoms with Crippen molar-refractivity contribution in [3.05, 3.63) is 52.8 Å². The number of esters is 1. The van der Waals surface area contributed by atoms with Gasteiger partial charge < -0.3 is 9.30 Å².